The Morgan fingerprint density at radius 1 is 1.06 bits per heavy atom. The number of hydrogen-bond donors (Lipinski definition) is 1. The second-order valence-corrected chi connectivity index (χ2v) is 9.18. The standard InChI is InChI=1S/C26H28N2O4/c1-26(2,3)27-25(30)19-10-8-18(9-11-19)16-32-24-17-31-22(12-23(24)29)15-28-13-20-6-4-5-7-21(20)14-28/h4-12,17H,13-16H2,1-3H3,(H,27,30). The van der Waals surface area contributed by atoms with Gasteiger partial charge >= 0.3 is 0 Å². The van der Waals surface area contributed by atoms with Gasteiger partial charge in [0.2, 0.25) is 11.2 Å². The normalized spacial score (nSPS) is 13.6. The molecular weight excluding hydrogens is 404 g/mol. The highest BCUT2D eigenvalue weighted by Gasteiger charge is 2.19. The molecule has 6 heteroatoms. The molecule has 0 unspecified atom stereocenters. The van der Waals surface area contributed by atoms with Gasteiger partial charge in [0.15, 0.2) is 0 Å². The van der Waals surface area contributed by atoms with E-state index < -0.39 is 0 Å². The van der Waals surface area contributed by atoms with Crippen LogP contribution >= 0.6 is 0 Å². The first-order valence-corrected chi connectivity index (χ1v) is 10.7. The molecule has 0 atom stereocenters. The number of ether oxygens (including phenoxy) is 1. The fraction of sp³-hybridized carbons (Fsp3) is 0.308. The van der Waals surface area contributed by atoms with Gasteiger partial charge < -0.3 is 14.5 Å². The number of carbonyl (C=O) groups is 1. The SMILES string of the molecule is CC(C)(C)NC(=O)c1ccc(COc2coc(CN3Cc4ccccc4C3)cc2=O)cc1. The number of rotatable bonds is 6. The lowest BCUT2D eigenvalue weighted by molar-refractivity contribution is 0.0919. The molecule has 32 heavy (non-hydrogen) atoms. The predicted molar refractivity (Wildman–Crippen MR) is 122 cm³/mol. The quantitative estimate of drug-likeness (QED) is 0.630. The Morgan fingerprint density at radius 3 is 2.31 bits per heavy atom. The zero-order valence-corrected chi connectivity index (χ0v) is 18.7. The van der Waals surface area contributed by atoms with Gasteiger partial charge in [-0.1, -0.05) is 36.4 Å². The molecule has 0 fully saturated rings. The Bertz CT molecular complexity index is 1130. The zero-order valence-electron chi connectivity index (χ0n) is 18.7. The molecule has 0 radical (unpaired) electrons. The predicted octanol–water partition coefficient (Wildman–Crippen LogP) is 4.26. The van der Waals surface area contributed by atoms with E-state index >= 15 is 0 Å². The van der Waals surface area contributed by atoms with Crippen molar-refractivity contribution in [2.45, 2.75) is 52.6 Å². The van der Waals surface area contributed by atoms with E-state index in [9.17, 15) is 9.59 Å². The first-order valence-electron chi connectivity index (χ1n) is 10.7. The van der Waals surface area contributed by atoms with Crippen LogP contribution in [-0.2, 0) is 26.2 Å². The Morgan fingerprint density at radius 2 is 1.72 bits per heavy atom. The molecule has 1 amide bonds. The molecule has 1 aromatic heterocycles. The molecule has 0 saturated heterocycles. The molecule has 0 spiro atoms. The third kappa shape index (κ3) is 5.45. The summed E-state index contributed by atoms with van der Waals surface area (Å²) in [6.07, 6.45) is 1.38. The number of nitrogens with zero attached hydrogens (tertiary/aromatic N) is 1. The van der Waals surface area contributed by atoms with Crippen molar-refractivity contribution in [3.8, 4) is 5.75 Å². The molecule has 2 aromatic carbocycles. The van der Waals surface area contributed by atoms with Gasteiger partial charge in [-0.3, -0.25) is 14.5 Å². The summed E-state index contributed by atoms with van der Waals surface area (Å²) >= 11 is 0. The van der Waals surface area contributed by atoms with Crippen LogP contribution in [0.15, 0.2) is 70.1 Å². The molecule has 6 nitrogen and oxygen atoms in total. The van der Waals surface area contributed by atoms with Crippen LogP contribution in [0.1, 0.15) is 53.6 Å². The second kappa shape index (κ2) is 9.01. The summed E-state index contributed by atoms with van der Waals surface area (Å²) in [5.41, 5.74) is 3.57. The molecule has 1 N–H and O–H groups in total. The van der Waals surface area contributed by atoms with Crippen LogP contribution in [0, 0.1) is 0 Å². The topological polar surface area (TPSA) is 71.8 Å². The molecule has 166 valence electrons. The molecule has 0 aliphatic carbocycles. The Balaban J connectivity index is 1.32. The monoisotopic (exact) mass is 432 g/mol. The Labute approximate surface area is 187 Å². The van der Waals surface area contributed by atoms with Crippen LogP contribution in [0.4, 0.5) is 0 Å². The van der Waals surface area contributed by atoms with Gasteiger partial charge in [-0.05, 0) is 49.6 Å². The fourth-order valence-corrected chi connectivity index (χ4v) is 3.69. The van der Waals surface area contributed by atoms with Gasteiger partial charge in [0.05, 0.1) is 6.54 Å². The number of hydrogen-bond acceptors (Lipinski definition) is 5. The number of benzene rings is 2. The molecule has 1 aliphatic heterocycles. The lowest BCUT2D eigenvalue weighted by atomic mass is 10.1. The first kappa shape index (κ1) is 21.8. The Kier molecular flexibility index (Phi) is 6.15. The molecule has 3 aromatic rings. The smallest absolute Gasteiger partial charge is 0.251 e. The van der Waals surface area contributed by atoms with Crippen LogP contribution < -0.4 is 15.5 Å². The molecule has 4 rings (SSSR count). The van der Waals surface area contributed by atoms with Crippen LogP contribution in [0.25, 0.3) is 0 Å². The minimum atomic E-state index is -0.294. The fourth-order valence-electron chi connectivity index (χ4n) is 3.69. The summed E-state index contributed by atoms with van der Waals surface area (Å²) in [6, 6.07) is 17.0. The van der Waals surface area contributed by atoms with E-state index in [-0.39, 0.29) is 29.2 Å². The summed E-state index contributed by atoms with van der Waals surface area (Å²) in [4.78, 5) is 26.9. The van der Waals surface area contributed by atoms with Crippen molar-refractivity contribution in [2.75, 3.05) is 0 Å². The summed E-state index contributed by atoms with van der Waals surface area (Å²) in [6.45, 7) is 8.30. The van der Waals surface area contributed by atoms with Gasteiger partial charge in [-0.2, -0.15) is 0 Å². The summed E-state index contributed by atoms with van der Waals surface area (Å²) in [5, 5.41) is 2.93. The molecule has 2 heterocycles. The lowest BCUT2D eigenvalue weighted by Crippen LogP contribution is -2.40. The highest BCUT2D eigenvalue weighted by atomic mass is 16.5. The average Bonchev–Trinajstić information content (AvgIpc) is 3.14. The zero-order chi connectivity index (χ0) is 22.7. The van der Waals surface area contributed by atoms with E-state index in [1.807, 2.05) is 45.0 Å². The molecular formula is C26H28N2O4. The minimum absolute atomic E-state index is 0.123. The van der Waals surface area contributed by atoms with E-state index in [1.54, 1.807) is 12.1 Å². The van der Waals surface area contributed by atoms with Crippen molar-refractivity contribution in [1.82, 2.24) is 10.2 Å². The maximum Gasteiger partial charge on any atom is 0.251 e. The van der Waals surface area contributed by atoms with Crippen LogP contribution in [0.3, 0.4) is 0 Å². The first-order chi connectivity index (χ1) is 15.3. The lowest BCUT2D eigenvalue weighted by Gasteiger charge is -2.20. The number of amides is 1. The third-order valence-corrected chi connectivity index (χ3v) is 5.24. The van der Waals surface area contributed by atoms with Gasteiger partial charge in [0.1, 0.15) is 18.6 Å². The molecule has 0 saturated carbocycles. The van der Waals surface area contributed by atoms with E-state index in [2.05, 4.69) is 22.3 Å². The molecule has 0 bridgehead atoms. The third-order valence-electron chi connectivity index (χ3n) is 5.24. The maximum absolute atomic E-state index is 12.5. The number of carbonyl (C=O) groups excluding carboxylic acids is 1. The second-order valence-electron chi connectivity index (χ2n) is 9.18. The van der Waals surface area contributed by atoms with Crippen LogP contribution in [-0.4, -0.2) is 16.3 Å². The Hall–Kier alpha value is -3.38. The number of fused-ring (bicyclic) bond motifs is 1. The largest absolute Gasteiger partial charge is 0.482 e. The highest BCUT2D eigenvalue weighted by molar-refractivity contribution is 5.94. The van der Waals surface area contributed by atoms with E-state index in [4.69, 9.17) is 9.15 Å². The average molecular weight is 433 g/mol. The van der Waals surface area contributed by atoms with Crippen molar-refractivity contribution in [2.24, 2.45) is 0 Å². The van der Waals surface area contributed by atoms with Gasteiger partial charge in [-0.25, -0.2) is 0 Å². The van der Waals surface area contributed by atoms with Crippen LogP contribution in [0.5, 0.6) is 5.75 Å². The highest BCUT2D eigenvalue weighted by Crippen LogP contribution is 2.24. The van der Waals surface area contributed by atoms with Crippen molar-refractivity contribution in [3.05, 3.63) is 99.1 Å². The van der Waals surface area contributed by atoms with E-state index in [0.717, 1.165) is 18.7 Å². The van der Waals surface area contributed by atoms with Crippen molar-refractivity contribution in [3.63, 3.8) is 0 Å². The van der Waals surface area contributed by atoms with Gasteiger partial charge in [-0.15, -0.1) is 0 Å². The van der Waals surface area contributed by atoms with Gasteiger partial charge in [0, 0.05) is 30.3 Å². The maximum atomic E-state index is 12.5. The van der Waals surface area contributed by atoms with Gasteiger partial charge in [0.25, 0.3) is 5.91 Å². The summed E-state index contributed by atoms with van der Waals surface area (Å²) < 4.78 is 11.3. The van der Waals surface area contributed by atoms with E-state index in [1.165, 1.54) is 23.5 Å². The number of nitrogens with one attached hydrogen (secondary N) is 1. The van der Waals surface area contributed by atoms with Crippen molar-refractivity contribution < 1.29 is 13.9 Å². The molecule has 1 aliphatic rings. The van der Waals surface area contributed by atoms with E-state index in [0.29, 0.717) is 17.9 Å². The van der Waals surface area contributed by atoms with Crippen molar-refractivity contribution >= 4 is 5.91 Å². The van der Waals surface area contributed by atoms with Crippen LogP contribution in [0.2, 0.25) is 0 Å². The summed E-state index contributed by atoms with van der Waals surface area (Å²) in [7, 11) is 0. The van der Waals surface area contributed by atoms with Crippen molar-refractivity contribution in [1.29, 1.82) is 0 Å². The minimum Gasteiger partial charge on any atom is -0.482 e. The summed E-state index contributed by atoms with van der Waals surface area (Å²) in [5.74, 6) is 0.666.